The summed E-state index contributed by atoms with van der Waals surface area (Å²) in [4.78, 5) is 23.8. The van der Waals surface area contributed by atoms with Crippen molar-refractivity contribution in [1.29, 1.82) is 0 Å². The van der Waals surface area contributed by atoms with Gasteiger partial charge in [0.25, 0.3) is 5.56 Å². The predicted octanol–water partition coefficient (Wildman–Crippen LogP) is 1.01. The molecule has 4 nitrogen and oxygen atoms in total. The highest BCUT2D eigenvalue weighted by atomic mass is 19.2. The largest absolute Gasteiger partial charge is 0.507 e. The van der Waals surface area contributed by atoms with E-state index in [1.807, 2.05) is 0 Å². The molecule has 0 atom stereocenters. The van der Waals surface area contributed by atoms with Gasteiger partial charge >= 0.3 is 0 Å². The van der Waals surface area contributed by atoms with Crippen LogP contribution in [0.4, 0.5) is 13.2 Å². The van der Waals surface area contributed by atoms with Crippen LogP contribution in [0.15, 0.2) is 21.7 Å². The normalized spacial score (nSPS) is 10.8. The monoisotopic (exact) mass is 243 g/mol. The Morgan fingerprint density at radius 3 is 2.35 bits per heavy atom. The molecule has 0 fully saturated rings. The van der Waals surface area contributed by atoms with Gasteiger partial charge in [-0.25, -0.2) is 13.2 Å². The molecule has 7 heteroatoms. The Morgan fingerprint density at radius 2 is 1.71 bits per heavy atom. The van der Waals surface area contributed by atoms with Crippen LogP contribution in [-0.4, -0.2) is 10.1 Å². The van der Waals surface area contributed by atoms with Gasteiger partial charge in [-0.1, -0.05) is 0 Å². The summed E-state index contributed by atoms with van der Waals surface area (Å²) in [5, 5.41) is 8.58. The fourth-order valence-corrected chi connectivity index (χ4v) is 1.40. The average molecular weight is 243 g/mol. The summed E-state index contributed by atoms with van der Waals surface area (Å²) in [5.41, 5.74) is -3.38. The summed E-state index contributed by atoms with van der Waals surface area (Å²) in [6.07, 6.45) is 0. The van der Waals surface area contributed by atoms with E-state index in [0.717, 1.165) is 0 Å². The number of rotatable bonds is 0. The van der Waals surface area contributed by atoms with Crippen molar-refractivity contribution in [2.24, 2.45) is 0 Å². The van der Waals surface area contributed by atoms with Crippen LogP contribution in [0.3, 0.4) is 0 Å². The molecule has 0 saturated heterocycles. The lowest BCUT2D eigenvalue weighted by atomic mass is 10.2. The second-order valence-electron chi connectivity index (χ2n) is 3.25. The van der Waals surface area contributed by atoms with E-state index in [-0.39, 0.29) is 6.07 Å². The van der Waals surface area contributed by atoms with Crippen LogP contribution in [0.25, 0.3) is 10.9 Å². The Hall–Kier alpha value is -2.31. The molecule has 17 heavy (non-hydrogen) atoms. The maximum Gasteiger partial charge on any atom is 0.296 e. The third kappa shape index (κ3) is 1.65. The number of aromatic nitrogens is 1. The van der Waals surface area contributed by atoms with Gasteiger partial charge in [0.15, 0.2) is 11.6 Å². The Labute approximate surface area is 91.0 Å². The van der Waals surface area contributed by atoms with Crippen LogP contribution >= 0.6 is 0 Å². The molecule has 88 valence electrons. The molecule has 1 heterocycles. The van der Waals surface area contributed by atoms with Gasteiger partial charge in [0.05, 0.1) is 10.9 Å². The molecular formula is C10H4F3NO3. The Bertz CT molecular complexity index is 739. The van der Waals surface area contributed by atoms with E-state index in [2.05, 4.69) is 0 Å². The van der Waals surface area contributed by atoms with Crippen LogP contribution in [0, 0.1) is 17.5 Å². The zero-order chi connectivity index (χ0) is 12.7. The van der Waals surface area contributed by atoms with E-state index < -0.39 is 45.1 Å². The first-order valence-electron chi connectivity index (χ1n) is 4.35. The standard InChI is InChI=1S/C10H4F3NO3/c11-3-1-4(12)8(13)9-7(3)5(15)2-6(16)10(17)14-9/h1-2,15H,(H,14,16,17). The minimum absolute atomic E-state index is 0.209. The first kappa shape index (κ1) is 11.2. The molecule has 2 rings (SSSR count). The summed E-state index contributed by atoms with van der Waals surface area (Å²) >= 11 is 0. The molecule has 1 aromatic heterocycles. The average Bonchev–Trinajstić information content (AvgIpc) is 2.34. The van der Waals surface area contributed by atoms with E-state index >= 15 is 0 Å². The van der Waals surface area contributed by atoms with Crippen LogP contribution < -0.4 is 11.0 Å². The number of halogens is 3. The Morgan fingerprint density at radius 1 is 1.06 bits per heavy atom. The van der Waals surface area contributed by atoms with Crippen LogP contribution in [0.2, 0.25) is 0 Å². The molecular weight excluding hydrogens is 239 g/mol. The van der Waals surface area contributed by atoms with E-state index in [0.29, 0.717) is 6.07 Å². The highest BCUT2D eigenvalue weighted by molar-refractivity contribution is 5.85. The lowest BCUT2D eigenvalue weighted by molar-refractivity contribution is 0.474. The number of H-pyrrole nitrogens is 1. The molecule has 0 aliphatic carbocycles. The third-order valence-electron chi connectivity index (χ3n) is 2.16. The van der Waals surface area contributed by atoms with Crippen molar-refractivity contribution in [1.82, 2.24) is 4.98 Å². The van der Waals surface area contributed by atoms with E-state index in [1.54, 1.807) is 4.98 Å². The molecule has 0 amide bonds. The van der Waals surface area contributed by atoms with Crippen LogP contribution in [-0.2, 0) is 0 Å². The SMILES string of the molecule is O=c1cc(O)c2c(F)cc(F)c(F)c2[nH]c1=O. The molecule has 0 bridgehead atoms. The molecule has 2 aromatic rings. The predicted molar refractivity (Wildman–Crippen MR) is 52.4 cm³/mol. The van der Waals surface area contributed by atoms with E-state index in [4.69, 9.17) is 0 Å². The zero-order valence-corrected chi connectivity index (χ0v) is 8.05. The van der Waals surface area contributed by atoms with Crippen LogP contribution in [0.1, 0.15) is 0 Å². The van der Waals surface area contributed by atoms with Gasteiger partial charge in [-0.05, 0) is 0 Å². The molecule has 0 aliphatic rings. The summed E-state index contributed by atoms with van der Waals surface area (Å²) < 4.78 is 39.5. The van der Waals surface area contributed by atoms with E-state index in [9.17, 15) is 27.9 Å². The van der Waals surface area contributed by atoms with Crippen molar-refractivity contribution in [2.45, 2.75) is 0 Å². The molecule has 0 unspecified atom stereocenters. The summed E-state index contributed by atoms with van der Waals surface area (Å²) in [6.45, 7) is 0. The lowest BCUT2D eigenvalue weighted by Crippen LogP contribution is -2.22. The number of hydrogen-bond donors (Lipinski definition) is 2. The van der Waals surface area contributed by atoms with Gasteiger partial charge in [0.1, 0.15) is 11.6 Å². The van der Waals surface area contributed by atoms with Crippen molar-refractivity contribution in [2.75, 3.05) is 0 Å². The minimum atomic E-state index is -1.55. The topological polar surface area (TPSA) is 70.2 Å². The maximum absolute atomic E-state index is 13.3. The third-order valence-corrected chi connectivity index (χ3v) is 2.16. The molecule has 0 saturated carbocycles. The molecule has 0 aliphatic heterocycles. The molecule has 1 aromatic carbocycles. The van der Waals surface area contributed by atoms with Gasteiger partial charge in [-0.15, -0.1) is 0 Å². The highest BCUT2D eigenvalue weighted by Gasteiger charge is 2.16. The van der Waals surface area contributed by atoms with Crippen molar-refractivity contribution in [3.8, 4) is 5.75 Å². The number of benzene rings is 1. The first-order valence-corrected chi connectivity index (χ1v) is 4.35. The van der Waals surface area contributed by atoms with Gasteiger partial charge in [0, 0.05) is 12.1 Å². The fraction of sp³-hybridized carbons (Fsp3) is 0. The maximum atomic E-state index is 13.3. The lowest BCUT2D eigenvalue weighted by Gasteiger charge is -2.00. The number of nitrogens with one attached hydrogen (secondary N) is 1. The highest BCUT2D eigenvalue weighted by Crippen LogP contribution is 2.26. The second kappa shape index (κ2) is 3.62. The van der Waals surface area contributed by atoms with Gasteiger partial charge in [0.2, 0.25) is 5.43 Å². The van der Waals surface area contributed by atoms with Crippen molar-refractivity contribution in [3.05, 3.63) is 50.2 Å². The quantitative estimate of drug-likeness (QED) is 0.536. The van der Waals surface area contributed by atoms with Gasteiger partial charge in [-0.3, -0.25) is 9.59 Å². The first-order chi connectivity index (χ1) is 7.91. The summed E-state index contributed by atoms with van der Waals surface area (Å²) in [7, 11) is 0. The number of aromatic hydroxyl groups is 1. The molecule has 0 spiro atoms. The van der Waals surface area contributed by atoms with Crippen LogP contribution in [0.5, 0.6) is 5.75 Å². The summed E-state index contributed by atoms with van der Waals surface area (Å²) in [5.74, 6) is -5.32. The van der Waals surface area contributed by atoms with Crippen molar-refractivity contribution >= 4 is 10.9 Å². The minimum Gasteiger partial charge on any atom is -0.507 e. The number of fused-ring (bicyclic) bond motifs is 1. The number of hydrogen-bond acceptors (Lipinski definition) is 3. The number of aromatic amines is 1. The Balaban J connectivity index is 3.24. The Kier molecular flexibility index (Phi) is 2.38. The van der Waals surface area contributed by atoms with Crippen molar-refractivity contribution in [3.63, 3.8) is 0 Å². The van der Waals surface area contributed by atoms with Gasteiger partial charge < -0.3 is 10.1 Å². The zero-order valence-electron chi connectivity index (χ0n) is 8.05. The van der Waals surface area contributed by atoms with Crippen molar-refractivity contribution < 1.29 is 18.3 Å². The van der Waals surface area contributed by atoms with E-state index in [1.165, 1.54) is 0 Å². The molecule has 2 N–H and O–H groups in total. The smallest absolute Gasteiger partial charge is 0.296 e. The fourth-order valence-electron chi connectivity index (χ4n) is 1.40. The summed E-state index contributed by atoms with van der Waals surface area (Å²) in [6, 6.07) is 0.641. The van der Waals surface area contributed by atoms with Gasteiger partial charge in [-0.2, -0.15) is 0 Å². The molecule has 0 radical (unpaired) electrons. The second-order valence-corrected chi connectivity index (χ2v) is 3.25.